The average molecular weight is 341 g/mol. The Balaban J connectivity index is 2.03. The molecule has 1 aliphatic heterocycles. The fraction of sp³-hybridized carbons (Fsp3) is 0.421. The van der Waals surface area contributed by atoms with Crippen LogP contribution >= 0.6 is 0 Å². The summed E-state index contributed by atoms with van der Waals surface area (Å²) in [6, 6.07) is 1.97. The second-order valence-corrected chi connectivity index (χ2v) is 6.48. The van der Waals surface area contributed by atoms with Gasteiger partial charge in [-0.2, -0.15) is 10.2 Å². The average Bonchev–Trinajstić information content (AvgIpc) is 3.19. The van der Waals surface area contributed by atoms with Gasteiger partial charge >= 0.3 is 0 Å². The van der Waals surface area contributed by atoms with Gasteiger partial charge < -0.3 is 5.43 Å². The second-order valence-electron chi connectivity index (χ2n) is 6.48. The number of hydrazone groups is 1. The van der Waals surface area contributed by atoms with Gasteiger partial charge in [-0.25, -0.2) is 4.39 Å². The highest BCUT2D eigenvalue weighted by Gasteiger charge is 2.31. The fourth-order valence-electron chi connectivity index (χ4n) is 3.36. The maximum atomic E-state index is 12.8. The van der Waals surface area contributed by atoms with Gasteiger partial charge in [-0.3, -0.25) is 10.1 Å². The third-order valence-corrected chi connectivity index (χ3v) is 4.74. The number of hydrogen-bond acceptors (Lipinski definition) is 4. The number of hydrogen-bond donors (Lipinski definition) is 2. The normalized spacial score (nSPS) is 20.1. The van der Waals surface area contributed by atoms with Crippen molar-refractivity contribution in [1.82, 2.24) is 20.6 Å². The summed E-state index contributed by atoms with van der Waals surface area (Å²) in [5, 5.41) is 11.4. The fourth-order valence-corrected chi connectivity index (χ4v) is 3.36. The molecule has 5 nitrogen and oxygen atoms in total. The molecule has 0 amide bonds. The van der Waals surface area contributed by atoms with E-state index in [4.69, 9.17) is 0 Å². The first-order chi connectivity index (χ1) is 12.2. The van der Waals surface area contributed by atoms with Crippen LogP contribution < -0.4 is 5.43 Å². The summed E-state index contributed by atoms with van der Waals surface area (Å²) >= 11 is 0. The molecule has 25 heavy (non-hydrogen) atoms. The third-order valence-electron chi connectivity index (χ3n) is 4.74. The molecule has 0 bridgehead atoms. The summed E-state index contributed by atoms with van der Waals surface area (Å²) in [6.07, 6.45) is 9.01. The molecule has 2 aromatic rings. The summed E-state index contributed by atoms with van der Waals surface area (Å²) in [7, 11) is 0. The highest BCUT2D eigenvalue weighted by Crippen LogP contribution is 2.32. The molecule has 0 saturated carbocycles. The Kier molecular flexibility index (Phi) is 5.26. The van der Waals surface area contributed by atoms with Crippen molar-refractivity contribution < 1.29 is 4.39 Å². The van der Waals surface area contributed by atoms with E-state index in [-0.39, 0.29) is 12.0 Å². The number of aromatic amines is 1. The molecular formula is C19H24FN5. The first-order valence-corrected chi connectivity index (χ1v) is 8.71. The Morgan fingerprint density at radius 3 is 2.80 bits per heavy atom. The topological polar surface area (TPSA) is 66.0 Å². The van der Waals surface area contributed by atoms with Gasteiger partial charge in [-0.1, -0.05) is 13.3 Å². The smallest absolute Gasteiger partial charge is 0.0848 e. The van der Waals surface area contributed by atoms with E-state index in [2.05, 4.69) is 38.7 Å². The predicted octanol–water partition coefficient (Wildman–Crippen LogP) is 4.04. The molecule has 0 aliphatic carbocycles. The molecule has 6 heteroatoms. The van der Waals surface area contributed by atoms with Crippen LogP contribution in [0.1, 0.15) is 49.4 Å². The Morgan fingerprint density at radius 1 is 1.28 bits per heavy atom. The first-order valence-electron chi connectivity index (χ1n) is 8.71. The van der Waals surface area contributed by atoms with Crippen LogP contribution in [0.4, 0.5) is 4.39 Å². The van der Waals surface area contributed by atoms with E-state index in [0.717, 1.165) is 47.5 Å². The number of aryl methyl sites for hydroxylation is 2. The largest absolute Gasteiger partial charge is 0.302 e. The highest BCUT2D eigenvalue weighted by molar-refractivity contribution is 5.91. The minimum absolute atomic E-state index is 0.00542. The lowest BCUT2D eigenvalue weighted by Gasteiger charge is -2.20. The van der Waals surface area contributed by atoms with Gasteiger partial charge in [0.1, 0.15) is 0 Å². The Bertz CT molecular complexity index is 793. The summed E-state index contributed by atoms with van der Waals surface area (Å²) in [4.78, 5) is 4.66. The van der Waals surface area contributed by atoms with Gasteiger partial charge in [0.2, 0.25) is 0 Å². The summed E-state index contributed by atoms with van der Waals surface area (Å²) in [5.41, 5.74) is 9.25. The lowest BCUT2D eigenvalue weighted by atomic mass is 9.85. The number of nitrogens with zero attached hydrogens (tertiary/aromatic N) is 3. The zero-order chi connectivity index (χ0) is 17.8. The van der Waals surface area contributed by atoms with Crippen LogP contribution in [0.3, 0.4) is 0 Å². The van der Waals surface area contributed by atoms with E-state index >= 15 is 0 Å². The van der Waals surface area contributed by atoms with Crippen LogP contribution in [0.15, 0.2) is 36.0 Å². The van der Waals surface area contributed by atoms with Gasteiger partial charge in [0, 0.05) is 23.2 Å². The Morgan fingerprint density at radius 2 is 2.12 bits per heavy atom. The molecule has 2 N–H and O–H groups in total. The van der Waals surface area contributed by atoms with E-state index in [1.54, 1.807) is 6.20 Å². The van der Waals surface area contributed by atoms with Crippen LogP contribution in [0.25, 0.3) is 11.3 Å². The van der Waals surface area contributed by atoms with Crippen molar-refractivity contribution in [1.29, 1.82) is 0 Å². The van der Waals surface area contributed by atoms with Crippen molar-refractivity contribution in [2.24, 2.45) is 5.10 Å². The number of halogens is 1. The van der Waals surface area contributed by atoms with Crippen LogP contribution in [-0.4, -0.2) is 26.9 Å². The molecule has 0 aromatic carbocycles. The van der Waals surface area contributed by atoms with Crippen LogP contribution in [-0.2, 0) is 6.42 Å². The predicted molar refractivity (Wildman–Crippen MR) is 98.2 cm³/mol. The summed E-state index contributed by atoms with van der Waals surface area (Å²) < 4.78 is 12.8. The third kappa shape index (κ3) is 3.48. The first kappa shape index (κ1) is 17.3. The van der Waals surface area contributed by atoms with E-state index in [9.17, 15) is 4.39 Å². The zero-order valence-electron chi connectivity index (χ0n) is 14.9. The minimum Gasteiger partial charge on any atom is -0.302 e. The van der Waals surface area contributed by atoms with Gasteiger partial charge in [-0.05, 0) is 50.0 Å². The molecule has 132 valence electrons. The standard InChI is InChI=1S/C19H24FN5/c1-4-5-6-14-9-18(15-11-22-23-12(15)2)21-10-16(14)19-13(3)24-25-17(19)7-8-20/h7-11,17,19,25H,4-6H2,1-3H3,(H,22,23)/b8-7+. The van der Waals surface area contributed by atoms with Crippen LogP contribution in [0, 0.1) is 6.92 Å². The lowest BCUT2D eigenvalue weighted by molar-refractivity contribution is 0.616. The highest BCUT2D eigenvalue weighted by atomic mass is 19.1. The van der Waals surface area contributed by atoms with Crippen molar-refractivity contribution in [2.75, 3.05) is 0 Å². The second kappa shape index (κ2) is 7.59. The molecular weight excluding hydrogens is 317 g/mol. The number of pyridine rings is 1. The van der Waals surface area contributed by atoms with Crippen molar-refractivity contribution in [3.63, 3.8) is 0 Å². The van der Waals surface area contributed by atoms with E-state index in [1.807, 2.05) is 20.0 Å². The maximum Gasteiger partial charge on any atom is 0.0848 e. The van der Waals surface area contributed by atoms with Crippen LogP contribution in [0.2, 0.25) is 0 Å². The monoisotopic (exact) mass is 341 g/mol. The minimum atomic E-state index is -0.173. The summed E-state index contributed by atoms with van der Waals surface area (Å²) in [6.45, 7) is 6.14. The van der Waals surface area contributed by atoms with Crippen LogP contribution in [0.5, 0.6) is 0 Å². The molecule has 0 radical (unpaired) electrons. The number of H-pyrrole nitrogens is 1. The molecule has 2 atom stereocenters. The quantitative estimate of drug-likeness (QED) is 0.833. The lowest BCUT2D eigenvalue weighted by Crippen LogP contribution is -2.26. The number of aromatic nitrogens is 3. The molecule has 0 spiro atoms. The summed E-state index contributed by atoms with van der Waals surface area (Å²) in [5.74, 6) is 0.00542. The number of rotatable bonds is 6. The molecule has 0 saturated heterocycles. The van der Waals surface area contributed by atoms with Crippen molar-refractivity contribution in [3.8, 4) is 11.3 Å². The zero-order valence-corrected chi connectivity index (χ0v) is 14.9. The number of unbranched alkanes of at least 4 members (excludes halogenated alkanes) is 1. The Hall–Kier alpha value is -2.50. The van der Waals surface area contributed by atoms with Crippen molar-refractivity contribution in [3.05, 3.63) is 47.7 Å². The number of nitrogens with one attached hydrogen (secondary N) is 2. The SMILES string of the molecule is CCCCc1cc(-c2cn[nH]c2C)ncc1C1C(C)=NNC1/C=C/F. The molecule has 3 rings (SSSR count). The van der Waals surface area contributed by atoms with E-state index in [0.29, 0.717) is 6.33 Å². The van der Waals surface area contributed by atoms with Gasteiger partial charge in [0.25, 0.3) is 0 Å². The van der Waals surface area contributed by atoms with Gasteiger partial charge in [0.05, 0.1) is 30.2 Å². The van der Waals surface area contributed by atoms with E-state index < -0.39 is 0 Å². The van der Waals surface area contributed by atoms with Gasteiger partial charge in [-0.15, -0.1) is 0 Å². The molecule has 2 unspecified atom stereocenters. The molecule has 0 fully saturated rings. The Labute approximate surface area is 147 Å². The van der Waals surface area contributed by atoms with Crippen molar-refractivity contribution >= 4 is 5.71 Å². The molecule has 1 aliphatic rings. The molecule has 2 aromatic heterocycles. The molecule has 3 heterocycles. The van der Waals surface area contributed by atoms with Crippen molar-refractivity contribution in [2.45, 2.75) is 52.0 Å². The maximum absolute atomic E-state index is 12.8. The van der Waals surface area contributed by atoms with Gasteiger partial charge in [0.15, 0.2) is 0 Å². The van der Waals surface area contributed by atoms with E-state index in [1.165, 1.54) is 11.6 Å².